The molecule has 1 heterocycles. The number of nitrogens with zero attached hydrogens (tertiary/aromatic N) is 2. The van der Waals surface area contributed by atoms with E-state index in [1.54, 1.807) is 0 Å². The largest absolute Gasteiger partial charge is 0.312 e. The molecular formula is C15H29N3. The van der Waals surface area contributed by atoms with Crippen molar-refractivity contribution in [3.05, 3.63) is 17.0 Å². The molecular weight excluding hydrogens is 222 g/mol. The normalized spacial score (nSPS) is 13.9. The van der Waals surface area contributed by atoms with Gasteiger partial charge in [0.2, 0.25) is 0 Å². The molecule has 3 nitrogen and oxygen atoms in total. The number of aromatic nitrogens is 2. The summed E-state index contributed by atoms with van der Waals surface area (Å²) in [5, 5.41) is 8.21. The number of hydrogen-bond donors (Lipinski definition) is 1. The van der Waals surface area contributed by atoms with Crippen molar-refractivity contribution in [2.45, 2.75) is 67.0 Å². The molecule has 0 aliphatic carbocycles. The van der Waals surface area contributed by atoms with Gasteiger partial charge in [-0.15, -0.1) is 0 Å². The number of hydrogen-bond acceptors (Lipinski definition) is 2. The van der Waals surface area contributed by atoms with Crippen LogP contribution in [0.5, 0.6) is 0 Å². The van der Waals surface area contributed by atoms with Crippen LogP contribution in [-0.2, 0) is 13.0 Å². The summed E-state index contributed by atoms with van der Waals surface area (Å²) in [6.07, 6.45) is 1.08. The van der Waals surface area contributed by atoms with E-state index in [0.29, 0.717) is 5.92 Å². The zero-order valence-electron chi connectivity index (χ0n) is 13.1. The van der Waals surface area contributed by atoms with Gasteiger partial charge < -0.3 is 5.32 Å². The molecule has 1 atom stereocenters. The molecule has 18 heavy (non-hydrogen) atoms. The van der Waals surface area contributed by atoms with Crippen LogP contribution in [0.15, 0.2) is 0 Å². The summed E-state index contributed by atoms with van der Waals surface area (Å²) in [5.41, 5.74) is 4.12. The van der Waals surface area contributed by atoms with Crippen molar-refractivity contribution < 1.29 is 0 Å². The molecule has 0 fully saturated rings. The third-order valence-electron chi connectivity index (χ3n) is 3.35. The highest BCUT2D eigenvalue weighted by Crippen LogP contribution is 2.15. The molecule has 0 bridgehead atoms. The van der Waals surface area contributed by atoms with Gasteiger partial charge in [0, 0.05) is 17.8 Å². The van der Waals surface area contributed by atoms with E-state index in [-0.39, 0.29) is 5.54 Å². The second kappa shape index (κ2) is 5.87. The van der Waals surface area contributed by atoms with Crippen LogP contribution in [0, 0.1) is 19.8 Å². The molecule has 1 aromatic heterocycles. The van der Waals surface area contributed by atoms with Gasteiger partial charge in [-0.3, -0.25) is 4.68 Å². The molecule has 104 valence electrons. The maximum atomic E-state index is 4.65. The molecule has 0 spiro atoms. The first-order valence-corrected chi connectivity index (χ1v) is 7.02. The first-order chi connectivity index (χ1) is 8.24. The lowest BCUT2D eigenvalue weighted by Gasteiger charge is -2.23. The fourth-order valence-corrected chi connectivity index (χ4v) is 2.26. The lowest BCUT2D eigenvalue weighted by molar-refractivity contribution is 0.349. The van der Waals surface area contributed by atoms with Gasteiger partial charge in [-0.05, 0) is 59.1 Å². The molecule has 0 aromatic carbocycles. The van der Waals surface area contributed by atoms with Gasteiger partial charge in [0.1, 0.15) is 0 Å². The van der Waals surface area contributed by atoms with Crippen LogP contribution >= 0.6 is 0 Å². The summed E-state index contributed by atoms with van der Waals surface area (Å²) in [5.74, 6) is 0.590. The standard InChI is InChI=1S/C15H29N3/c1-8-14-12(3)17-18(13(14)4)10-11(2)9-16-15(5,6)7/h11,16H,8-10H2,1-7H3. The first kappa shape index (κ1) is 15.2. The lowest BCUT2D eigenvalue weighted by Crippen LogP contribution is -2.39. The average molecular weight is 251 g/mol. The van der Waals surface area contributed by atoms with Gasteiger partial charge in [-0.25, -0.2) is 0 Å². The molecule has 0 radical (unpaired) electrons. The smallest absolute Gasteiger partial charge is 0.0628 e. The Morgan fingerprint density at radius 1 is 1.28 bits per heavy atom. The molecule has 1 unspecified atom stereocenters. The van der Waals surface area contributed by atoms with Crippen molar-refractivity contribution in [1.29, 1.82) is 0 Å². The van der Waals surface area contributed by atoms with Crippen LogP contribution in [0.25, 0.3) is 0 Å². The Balaban J connectivity index is 2.62. The summed E-state index contributed by atoms with van der Waals surface area (Å²) >= 11 is 0. The highest BCUT2D eigenvalue weighted by atomic mass is 15.3. The van der Waals surface area contributed by atoms with Crippen LogP contribution in [0.3, 0.4) is 0 Å². The van der Waals surface area contributed by atoms with Crippen LogP contribution in [0.1, 0.15) is 51.6 Å². The predicted octanol–water partition coefficient (Wildman–Crippen LogP) is 3.09. The summed E-state index contributed by atoms with van der Waals surface area (Å²) < 4.78 is 2.17. The lowest BCUT2D eigenvalue weighted by atomic mass is 10.1. The molecule has 0 saturated heterocycles. The summed E-state index contributed by atoms with van der Waals surface area (Å²) in [6.45, 7) is 17.4. The maximum Gasteiger partial charge on any atom is 0.0628 e. The van der Waals surface area contributed by atoms with E-state index in [1.165, 1.54) is 17.0 Å². The Hall–Kier alpha value is -0.830. The zero-order valence-corrected chi connectivity index (χ0v) is 13.1. The number of rotatable bonds is 5. The van der Waals surface area contributed by atoms with Gasteiger partial charge in [0.05, 0.1) is 5.69 Å². The number of nitrogens with one attached hydrogen (secondary N) is 1. The van der Waals surface area contributed by atoms with Crippen LogP contribution in [-0.4, -0.2) is 21.9 Å². The summed E-state index contributed by atoms with van der Waals surface area (Å²) in [7, 11) is 0. The van der Waals surface area contributed by atoms with Gasteiger partial charge >= 0.3 is 0 Å². The Bertz CT molecular complexity index is 385. The van der Waals surface area contributed by atoms with Crippen LogP contribution in [0.4, 0.5) is 0 Å². The maximum absolute atomic E-state index is 4.65. The molecule has 0 saturated carbocycles. The van der Waals surface area contributed by atoms with E-state index < -0.39 is 0 Å². The van der Waals surface area contributed by atoms with E-state index in [1.807, 2.05) is 0 Å². The van der Waals surface area contributed by atoms with Crippen molar-refractivity contribution in [1.82, 2.24) is 15.1 Å². The SMILES string of the molecule is CCc1c(C)nn(CC(C)CNC(C)(C)C)c1C. The van der Waals surface area contributed by atoms with Crippen LogP contribution < -0.4 is 5.32 Å². The average Bonchev–Trinajstić information content (AvgIpc) is 2.50. The van der Waals surface area contributed by atoms with E-state index >= 15 is 0 Å². The highest BCUT2D eigenvalue weighted by Gasteiger charge is 2.14. The minimum absolute atomic E-state index is 0.192. The topological polar surface area (TPSA) is 29.9 Å². The van der Waals surface area contributed by atoms with Crippen molar-refractivity contribution in [3.8, 4) is 0 Å². The Morgan fingerprint density at radius 3 is 2.33 bits per heavy atom. The van der Waals surface area contributed by atoms with Crippen molar-refractivity contribution >= 4 is 0 Å². The van der Waals surface area contributed by atoms with Gasteiger partial charge in [0.25, 0.3) is 0 Å². The van der Waals surface area contributed by atoms with Crippen molar-refractivity contribution in [2.75, 3.05) is 6.54 Å². The third kappa shape index (κ3) is 4.13. The second-order valence-electron chi connectivity index (χ2n) is 6.42. The fourth-order valence-electron chi connectivity index (χ4n) is 2.26. The molecule has 0 aliphatic rings. The summed E-state index contributed by atoms with van der Waals surface area (Å²) in [6, 6.07) is 0. The minimum Gasteiger partial charge on any atom is -0.312 e. The van der Waals surface area contributed by atoms with E-state index in [0.717, 1.165) is 19.5 Å². The zero-order chi connectivity index (χ0) is 13.9. The van der Waals surface area contributed by atoms with Gasteiger partial charge in [-0.1, -0.05) is 13.8 Å². The Labute approximate surface area is 112 Å². The van der Waals surface area contributed by atoms with Gasteiger partial charge in [0.15, 0.2) is 0 Å². The van der Waals surface area contributed by atoms with Crippen molar-refractivity contribution in [3.63, 3.8) is 0 Å². The van der Waals surface area contributed by atoms with Gasteiger partial charge in [-0.2, -0.15) is 5.10 Å². The van der Waals surface area contributed by atoms with Crippen molar-refractivity contribution in [2.24, 2.45) is 5.92 Å². The second-order valence-corrected chi connectivity index (χ2v) is 6.42. The fraction of sp³-hybridized carbons (Fsp3) is 0.800. The highest BCUT2D eigenvalue weighted by molar-refractivity contribution is 5.24. The molecule has 0 amide bonds. The van der Waals surface area contributed by atoms with E-state index in [9.17, 15) is 0 Å². The minimum atomic E-state index is 0.192. The Kier molecular flexibility index (Phi) is 4.97. The molecule has 1 N–H and O–H groups in total. The monoisotopic (exact) mass is 251 g/mol. The first-order valence-electron chi connectivity index (χ1n) is 7.02. The molecule has 1 rings (SSSR count). The summed E-state index contributed by atoms with van der Waals surface area (Å²) in [4.78, 5) is 0. The van der Waals surface area contributed by atoms with E-state index in [4.69, 9.17) is 0 Å². The van der Waals surface area contributed by atoms with E-state index in [2.05, 4.69) is 63.6 Å². The third-order valence-corrected chi connectivity index (χ3v) is 3.35. The number of aryl methyl sites for hydroxylation is 1. The quantitative estimate of drug-likeness (QED) is 0.871. The predicted molar refractivity (Wildman–Crippen MR) is 78.0 cm³/mol. The molecule has 1 aromatic rings. The molecule has 3 heteroatoms. The molecule has 0 aliphatic heterocycles. The van der Waals surface area contributed by atoms with Crippen LogP contribution in [0.2, 0.25) is 0 Å². The Morgan fingerprint density at radius 2 is 1.89 bits per heavy atom.